The quantitative estimate of drug-likeness (QED) is 0.615. The van der Waals surface area contributed by atoms with Crippen LogP contribution in [0.3, 0.4) is 0 Å². The highest BCUT2D eigenvalue weighted by atomic mass is 16.4. The fourth-order valence-corrected chi connectivity index (χ4v) is 0.964. The molecule has 0 aliphatic heterocycles. The average Bonchev–Trinajstić information content (AvgIpc) is 2.58. The van der Waals surface area contributed by atoms with Crippen molar-refractivity contribution in [1.82, 2.24) is 20.4 Å². The van der Waals surface area contributed by atoms with Crippen LogP contribution in [0.5, 0.6) is 0 Å². The fourth-order valence-electron chi connectivity index (χ4n) is 0.964. The SMILES string of the molecule is Cn1cc(CNC(=O)NCC(=O)O)cn1. The van der Waals surface area contributed by atoms with Crippen molar-refractivity contribution >= 4 is 12.0 Å². The van der Waals surface area contributed by atoms with Crippen LogP contribution in [0.25, 0.3) is 0 Å². The molecule has 0 aliphatic carbocycles. The number of hydrogen-bond acceptors (Lipinski definition) is 3. The first kappa shape index (κ1) is 11.0. The Morgan fingerprint density at radius 1 is 1.53 bits per heavy atom. The van der Waals surface area contributed by atoms with Gasteiger partial charge in [0.05, 0.1) is 6.20 Å². The number of rotatable bonds is 4. The second kappa shape index (κ2) is 4.99. The Labute approximate surface area is 86.1 Å². The molecule has 2 amide bonds. The molecule has 1 aromatic heterocycles. The highest BCUT2D eigenvalue weighted by Crippen LogP contribution is 1.94. The molecule has 0 unspecified atom stereocenters. The van der Waals surface area contributed by atoms with Gasteiger partial charge < -0.3 is 15.7 Å². The van der Waals surface area contributed by atoms with E-state index in [4.69, 9.17) is 5.11 Å². The van der Waals surface area contributed by atoms with Crippen LogP contribution in [0.4, 0.5) is 4.79 Å². The second-order valence-corrected chi connectivity index (χ2v) is 2.95. The Balaban J connectivity index is 2.25. The number of carboxylic acid groups (broad SMARTS) is 1. The summed E-state index contributed by atoms with van der Waals surface area (Å²) in [6.07, 6.45) is 3.38. The first-order chi connectivity index (χ1) is 7.08. The van der Waals surface area contributed by atoms with Gasteiger partial charge in [0.25, 0.3) is 0 Å². The van der Waals surface area contributed by atoms with E-state index in [-0.39, 0.29) is 0 Å². The Hall–Kier alpha value is -2.05. The van der Waals surface area contributed by atoms with Crippen molar-refractivity contribution in [3.8, 4) is 0 Å². The number of aryl methyl sites for hydroxylation is 1. The third-order valence-electron chi connectivity index (χ3n) is 1.61. The van der Waals surface area contributed by atoms with Crippen LogP contribution in [0.15, 0.2) is 12.4 Å². The minimum Gasteiger partial charge on any atom is -0.480 e. The topological polar surface area (TPSA) is 96.2 Å². The summed E-state index contributed by atoms with van der Waals surface area (Å²) in [5.74, 6) is -1.08. The van der Waals surface area contributed by atoms with E-state index in [2.05, 4.69) is 15.7 Å². The Kier molecular flexibility index (Phi) is 3.67. The molecule has 0 aromatic carbocycles. The first-order valence-corrected chi connectivity index (χ1v) is 4.29. The summed E-state index contributed by atoms with van der Waals surface area (Å²) in [5, 5.41) is 16.9. The van der Waals surface area contributed by atoms with E-state index in [0.29, 0.717) is 6.54 Å². The minimum atomic E-state index is -1.08. The maximum absolute atomic E-state index is 11.0. The van der Waals surface area contributed by atoms with E-state index in [1.54, 1.807) is 24.1 Å². The molecule has 0 atom stereocenters. The molecule has 0 saturated carbocycles. The summed E-state index contributed by atoms with van der Waals surface area (Å²) in [6, 6.07) is -0.513. The van der Waals surface area contributed by atoms with Crippen LogP contribution in [0.2, 0.25) is 0 Å². The van der Waals surface area contributed by atoms with Crippen LogP contribution in [0, 0.1) is 0 Å². The van der Waals surface area contributed by atoms with Gasteiger partial charge in [0.15, 0.2) is 0 Å². The van der Waals surface area contributed by atoms with Crippen LogP contribution >= 0.6 is 0 Å². The molecule has 0 saturated heterocycles. The summed E-state index contributed by atoms with van der Waals surface area (Å²) < 4.78 is 1.62. The number of carbonyl (C=O) groups is 2. The van der Waals surface area contributed by atoms with E-state index in [9.17, 15) is 9.59 Å². The highest BCUT2D eigenvalue weighted by Gasteiger charge is 2.03. The van der Waals surface area contributed by atoms with Crippen LogP contribution in [-0.4, -0.2) is 33.4 Å². The number of nitrogens with zero attached hydrogens (tertiary/aromatic N) is 2. The molecule has 1 heterocycles. The van der Waals surface area contributed by atoms with E-state index in [0.717, 1.165) is 5.56 Å². The molecular weight excluding hydrogens is 200 g/mol. The van der Waals surface area contributed by atoms with Crippen molar-refractivity contribution in [1.29, 1.82) is 0 Å². The van der Waals surface area contributed by atoms with Crippen LogP contribution in [0.1, 0.15) is 5.56 Å². The van der Waals surface area contributed by atoms with E-state index in [1.807, 2.05) is 0 Å². The van der Waals surface area contributed by atoms with Crippen molar-refractivity contribution in [2.24, 2.45) is 7.05 Å². The zero-order chi connectivity index (χ0) is 11.3. The number of aliphatic carboxylic acids is 1. The molecule has 0 aliphatic rings. The van der Waals surface area contributed by atoms with E-state index < -0.39 is 18.5 Å². The largest absolute Gasteiger partial charge is 0.480 e. The van der Waals surface area contributed by atoms with Gasteiger partial charge in [-0.05, 0) is 0 Å². The van der Waals surface area contributed by atoms with Crippen LogP contribution in [-0.2, 0) is 18.4 Å². The summed E-state index contributed by atoms with van der Waals surface area (Å²) >= 11 is 0. The standard InChI is InChI=1S/C8H12N4O3/c1-12-5-6(3-11-12)2-9-8(15)10-4-7(13)14/h3,5H,2,4H2,1H3,(H,13,14)(H2,9,10,15). The van der Waals surface area contributed by atoms with Gasteiger partial charge in [0, 0.05) is 25.4 Å². The molecule has 1 rings (SSSR count). The smallest absolute Gasteiger partial charge is 0.323 e. The zero-order valence-electron chi connectivity index (χ0n) is 8.23. The number of urea groups is 1. The second-order valence-electron chi connectivity index (χ2n) is 2.95. The summed E-state index contributed by atoms with van der Waals surface area (Å²) in [4.78, 5) is 21.1. The Morgan fingerprint density at radius 3 is 2.80 bits per heavy atom. The fraction of sp³-hybridized carbons (Fsp3) is 0.375. The van der Waals surface area contributed by atoms with Gasteiger partial charge in [-0.25, -0.2) is 4.79 Å². The maximum Gasteiger partial charge on any atom is 0.323 e. The van der Waals surface area contributed by atoms with Gasteiger partial charge in [0.2, 0.25) is 0 Å². The van der Waals surface area contributed by atoms with Gasteiger partial charge in [-0.1, -0.05) is 0 Å². The molecule has 0 fully saturated rings. The molecule has 1 aromatic rings. The normalized spacial score (nSPS) is 9.67. The summed E-state index contributed by atoms with van der Waals surface area (Å²) in [5.41, 5.74) is 0.850. The molecular formula is C8H12N4O3. The lowest BCUT2D eigenvalue weighted by molar-refractivity contribution is -0.135. The summed E-state index contributed by atoms with van der Waals surface area (Å²) in [6.45, 7) is -0.0713. The number of carbonyl (C=O) groups excluding carboxylic acids is 1. The molecule has 0 radical (unpaired) electrons. The number of amides is 2. The van der Waals surface area contributed by atoms with Gasteiger partial charge in [-0.3, -0.25) is 9.48 Å². The lowest BCUT2D eigenvalue weighted by Crippen LogP contribution is -2.37. The molecule has 82 valence electrons. The van der Waals surface area contributed by atoms with Gasteiger partial charge in [-0.15, -0.1) is 0 Å². The zero-order valence-corrected chi connectivity index (χ0v) is 8.23. The van der Waals surface area contributed by atoms with E-state index >= 15 is 0 Å². The maximum atomic E-state index is 11.0. The highest BCUT2D eigenvalue weighted by molar-refractivity contribution is 5.79. The minimum absolute atomic E-state index is 0.319. The third kappa shape index (κ3) is 4.12. The summed E-state index contributed by atoms with van der Waals surface area (Å²) in [7, 11) is 1.77. The van der Waals surface area contributed by atoms with Crippen molar-refractivity contribution in [2.45, 2.75) is 6.54 Å². The van der Waals surface area contributed by atoms with Gasteiger partial charge >= 0.3 is 12.0 Å². The van der Waals surface area contributed by atoms with Crippen molar-refractivity contribution < 1.29 is 14.7 Å². The van der Waals surface area contributed by atoms with Crippen molar-refractivity contribution in [3.63, 3.8) is 0 Å². The lowest BCUT2D eigenvalue weighted by Gasteiger charge is -2.03. The lowest BCUT2D eigenvalue weighted by atomic mass is 10.4. The number of aromatic nitrogens is 2. The molecule has 0 bridgehead atoms. The Morgan fingerprint density at radius 2 is 2.27 bits per heavy atom. The van der Waals surface area contributed by atoms with Crippen molar-refractivity contribution in [2.75, 3.05) is 6.54 Å². The molecule has 7 heteroatoms. The Bertz CT molecular complexity index is 361. The molecule has 15 heavy (non-hydrogen) atoms. The van der Waals surface area contributed by atoms with Gasteiger partial charge in [-0.2, -0.15) is 5.10 Å². The monoisotopic (exact) mass is 212 g/mol. The molecule has 3 N–H and O–H groups in total. The van der Waals surface area contributed by atoms with Crippen LogP contribution < -0.4 is 10.6 Å². The third-order valence-corrected chi connectivity index (χ3v) is 1.61. The van der Waals surface area contributed by atoms with E-state index in [1.165, 1.54) is 0 Å². The van der Waals surface area contributed by atoms with Gasteiger partial charge in [0.1, 0.15) is 6.54 Å². The number of carboxylic acids is 1. The average molecular weight is 212 g/mol. The molecule has 0 spiro atoms. The first-order valence-electron chi connectivity index (χ1n) is 4.29. The van der Waals surface area contributed by atoms with Crippen molar-refractivity contribution in [3.05, 3.63) is 18.0 Å². The molecule has 7 nitrogen and oxygen atoms in total. The predicted molar refractivity (Wildman–Crippen MR) is 51.1 cm³/mol. The predicted octanol–water partition coefficient (Wildman–Crippen LogP) is -0.696. The number of hydrogen-bond donors (Lipinski definition) is 3. The number of nitrogens with one attached hydrogen (secondary N) is 2.